The van der Waals surface area contributed by atoms with Crippen LogP contribution in [0.4, 0.5) is 0 Å². The Hall–Kier alpha value is -0.590. The second kappa shape index (κ2) is 7.26. The van der Waals surface area contributed by atoms with E-state index in [1.165, 1.54) is 45.2 Å². The number of rotatable bonds is 6. The van der Waals surface area contributed by atoms with Gasteiger partial charge < -0.3 is 4.90 Å². The monoisotopic (exact) mass is 263 g/mol. The SMILES string of the molecule is CC(C)C1CCCN(CCC(C#N)NC2CC2)CC1. The molecule has 1 N–H and O–H groups in total. The summed E-state index contributed by atoms with van der Waals surface area (Å²) in [6.07, 6.45) is 7.56. The van der Waals surface area contributed by atoms with Gasteiger partial charge in [0.05, 0.1) is 12.1 Å². The molecule has 1 heterocycles. The summed E-state index contributed by atoms with van der Waals surface area (Å²) >= 11 is 0. The van der Waals surface area contributed by atoms with Crippen molar-refractivity contribution in [2.24, 2.45) is 11.8 Å². The molecule has 2 atom stereocenters. The van der Waals surface area contributed by atoms with Crippen molar-refractivity contribution in [2.45, 2.75) is 64.5 Å². The van der Waals surface area contributed by atoms with Gasteiger partial charge in [-0.1, -0.05) is 13.8 Å². The van der Waals surface area contributed by atoms with E-state index in [4.69, 9.17) is 0 Å². The first kappa shape index (κ1) is 14.8. The third-order valence-electron chi connectivity index (χ3n) is 4.71. The van der Waals surface area contributed by atoms with Crippen LogP contribution in [-0.2, 0) is 0 Å². The van der Waals surface area contributed by atoms with Crippen molar-refractivity contribution in [1.82, 2.24) is 10.2 Å². The molecule has 0 aromatic heterocycles. The zero-order valence-corrected chi connectivity index (χ0v) is 12.6. The topological polar surface area (TPSA) is 39.1 Å². The van der Waals surface area contributed by atoms with Crippen molar-refractivity contribution in [3.05, 3.63) is 0 Å². The zero-order chi connectivity index (χ0) is 13.7. The van der Waals surface area contributed by atoms with Crippen molar-refractivity contribution >= 4 is 0 Å². The van der Waals surface area contributed by atoms with Crippen LogP contribution in [0.5, 0.6) is 0 Å². The van der Waals surface area contributed by atoms with Crippen LogP contribution in [0.25, 0.3) is 0 Å². The Labute approximate surface area is 118 Å². The lowest BCUT2D eigenvalue weighted by molar-refractivity contribution is 0.262. The average molecular weight is 263 g/mol. The smallest absolute Gasteiger partial charge is 0.0967 e. The fourth-order valence-corrected chi connectivity index (χ4v) is 3.10. The van der Waals surface area contributed by atoms with Gasteiger partial charge in [-0.15, -0.1) is 0 Å². The Morgan fingerprint density at radius 3 is 2.63 bits per heavy atom. The fourth-order valence-electron chi connectivity index (χ4n) is 3.10. The van der Waals surface area contributed by atoms with Gasteiger partial charge in [0.15, 0.2) is 0 Å². The number of hydrogen-bond acceptors (Lipinski definition) is 3. The van der Waals surface area contributed by atoms with E-state index in [-0.39, 0.29) is 6.04 Å². The van der Waals surface area contributed by atoms with Crippen LogP contribution in [0.1, 0.15) is 52.4 Å². The maximum atomic E-state index is 9.17. The maximum absolute atomic E-state index is 9.17. The summed E-state index contributed by atoms with van der Waals surface area (Å²) in [4.78, 5) is 2.57. The molecular formula is C16H29N3. The van der Waals surface area contributed by atoms with E-state index >= 15 is 0 Å². The van der Waals surface area contributed by atoms with E-state index in [0.29, 0.717) is 6.04 Å². The third kappa shape index (κ3) is 5.12. The van der Waals surface area contributed by atoms with E-state index in [2.05, 4.69) is 30.1 Å². The lowest BCUT2D eigenvalue weighted by Gasteiger charge is -2.22. The second-order valence-electron chi connectivity index (χ2n) is 6.69. The molecule has 2 rings (SSSR count). The van der Waals surface area contributed by atoms with Gasteiger partial charge in [0.2, 0.25) is 0 Å². The predicted molar refractivity (Wildman–Crippen MR) is 78.8 cm³/mol. The number of nitrogens with zero attached hydrogens (tertiary/aromatic N) is 2. The lowest BCUT2D eigenvalue weighted by atomic mass is 9.89. The molecule has 1 aliphatic carbocycles. The van der Waals surface area contributed by atoms with Gasteiger partial charge in [-0.25, -0.2) is 0 Å². The standard InChI is InChI=1S/C16H29N3/c1-13(2)14-4-3-9-19(10-7-14)11-8-16(12-17)18-15-5-6-15/h13-16,18H,3-11H2,1-2H3. The first-order valence-electron chi connectivity index (χ1n) is 8.07. The fraction of sp³-hybridized carbons (Fsp3) is 0.938. The lowest BCUT2D eigenvalue weighted by Crippen LogP contribution is -2.35. The van der Waals surface area contributed by atoms with Crippen LogP contribution < -0.4 is 5.32 Å². The van der Waals surface area contributed by atoms with E-state index < -0.39 is 0 Å². The molecule has 1 aliphatic heterocycles. The van der Waals surface area contributed by atoms with E-state index in [1.54, 1.807) is 0 Å². The second-order valence-corrected chi connectivity index (χ2v) is 6.69. The Balaban J connectivity index is 1.68. The van der Waals surface area contributed by atoms with Gasteiger partial charge in [-0.3, -0.25) is 5.32 Å². The van der Waals surface area contributed by atoms with Crippen LogP contribution in [0, 0.1) is 23.2 Å². The Morgan fingerprint density at radius 2 is 2.00 bits per heavy atom. The van der Waals surface area contributed by atoms with E-state index in [0.717, 1.165) is 24.8 Å². The van der Waals surface area contributed by atoms with Crippen LogP contribution in [-0.4, -0.2) is 36.6 Å². The summed E-state index contributed by atoms with van der Waals surface area (Å²) in [7, 11) is 0. The molecule has 1 saturated carbocycles. The molecular weight excluding hydrogens is 234 g/mol. The molecule has 1 saturated heterocycles. The number of likely N-dealkylation sites (tertiary alicyclic amines) is 1. The summed E-state index contributed by atoms with van der Waals surface area (Å²) < 4.78 is 0. The predicted octanol–water partition coefficient (Wildman–Crippen LogP) is 2.78. The summed E-state index contributed by atoms with van der Waals surface area (Å²) in [6, 6.07) is 3.12. The molecule has 2 aliphatic rings. The van der Waals surface area contributed by atoms with Crippen molar-refractivity contribution in [3.63, 3.8) is 0 Å². The molecule has 0 aromatic carbocycles. The number of nitriles is 1. The highest BCUT2D eigenvalue weighted by Crippen LogP contribution is 2.25. The highest BCUT2D eigenvalue weighted by molar-refractivity contribution is 4.96. The van der Waals surface area contributed by atoms with Crippen LogP contribution in [0.2, 0.25) is 0 Å². The highest BCUT2D eigenvalue weighted by Gasteiger charge is 2.25. The Kier molecular flexibility index (Phi) is 5.66. The van der Waals surface area contributed by atoms with Crippen molar-refractivity contribution in [2.75, 3.05) is 19.6 Å². The molecule has 0 radical (unpaired) electrons. The summed E-state index contributed by atoms with van der Waals surface area (Å²) in [6.45, 7) is 8.25. The molecule has 0 bridgehead atoms. The molecule has 0 amide bonds. The molecule has 3 heteroatoms. The van der Waals surface area contributed by atoms with Gasteiger partial charge in [-0.05, 0) is 63.5 Å². The normalized spacial score (nSPS) is 26.9. The molecule has 0 aromatic rings. The van der Waals surface area contributed by atoms with Gasteiger partial charge in [-0.2, -0.15) is 5.26 Å². The largest absolute Gasteiger partial charge is 0.303 e. The summed E-state index contributed by atoms with van der Waals surface area (Å²) in [5.74, 6) is 1.73. The van der Waals surface area contributed by atoms with Crippen LogP contribution >= 0.6 is 0 Å². The highest BCUT2D eigenvalue weighted by atomic mass is 15.1. The number of hydrogen-bond donors (Lipinski definition) is 1. The zero-order valence-electron chi connectivity index (χ0n) is 12.6. The minimum atomic E-state index is 0.0663. The van der Waals surface area contributed by atoms with Gasteiger partial charge in [0.25, 0.3) is 0 Å². The first-order valence-corrected chi connectivity index (χ1v) is 8.07. The van der Waals surface area contributed by atoms with Crippen molar-refractivity contribution in [3.8, 4) is 6.07 Å². The Morgan fingerprint density at radius 1 is 1.21 bits per heavy atom. The molecule has 2 fully saturated rings. The average Bonchev–Trinajstić information content (AvgIpc) is 3.21. The minimum Gasteiger partial charge on any atom is -0.303 e. The van der Waals surface area contributed by atoms with Crippen LogP contribution in [0.15, 0.2) is 0 Å². The molecule has 0 spiro atoms. The summed E-state index contributed by atoms with van der Waals surface area (Å²) in [5.41, 5.74) is 0. The quantitative estimate of drug-likeness (QED) is 0.801. The van der Waals surface area contributed by atoms with Gasteiger partial charge in [0.1, 0.15) is 0 Å². The molecule has 19 heavy (non-hydrogen) atoms. The number of nitrogens with one attached hydrogen (secondary N) is 1. The molecule has 108 valence electrons. The Bertz CT molecular complexity index is 304. The van der Waals surface area contributed by atoms with Crippen molar-refractivity contribution < 1.29 is 0 Å². The van der Waals surface area contributed by atoms with Crippen molar-refractivity contribution in [1.29, 1.82) is 5.26 Å². The third-order valence-corrected chi connectivity index (χ3v) is 4.71. The van der Waals surface area contributed by atoms with E-state index in [9.17, 15) is 5.26 Å². The molecule has 2 unspecified atom stereocenters. The molecule has 3 nitrogen and oxygen atoms in total. The minimum absolute atomic E-state index is 0.0663. The summed E-state index contributed by atoms with van der Waals surface area (Å²) in [5, 5.41) is 12.6. The van der Waals surface area contributed by atoms with Crippen LogP contribution in [0.3, 0.4) is 0 Å². The van der Waals surface area contributed by atoms with Gasteiger partial charge >= 0.3 is 0 Å². The van der Waals surface area contributed by atoms with E-state index in [1.807, 2.05) is 0 Å². The van der Waals surface area contributed by atoms with Gasteiger partial charge in [0, 0.05) is 12.6 Å². The maximum Gasteiger partial charge on any atom is 0.0967 e. The first-order chi connectivity index (χ1) is 9.19.